The summed E-state index contributed by atoms with van der Waals surface area (Å²) >= 11 is 12.0. The van der Waals surface area contributed by atoms with E-state index in [4.69, 9.17) is 32.5 Å². The van der Waals surface area contributed by atoms with Gasteiger partial charge in [0, 0.05) is 24.2 Å². The number of ether oxygens (including phenoxy) is 1. The van der Waals surface area contributed by atoms with E-state index in [0.717, 1.165) is 10.7 Å². The molecule has 0 aliphatic carbocycles. The molecule has 152 valence electrons. The molecule has 28 heavy (non-hydrogen) atoms. The second kappa shape index (κ2) is 8.79. The number of hydrogen-bond donors (Lipinski definition) is 1. The van der Waals surface area contributed by atoms with Gasteiger partial charge in [0.2, 0.25) is 15.9 Å². The lowest BCUT2D eigenvalue weighted by Crippen LogP contribution is -2.42. The van der Waals surface area contributed by atoms with Crippen molar-refractivity contribution in [2.45, 2.75) is 30.8 Å². The Morgan fingerprint density at radius 2 is 2.14 bits per heavy atom. The molecule has 1 unspecified atom stereocenters. The molecule has 1 aromatic heterocycles. The van der Waals surface area contributed by atoms with Crippen molar-refractivity contribution in [3.63, 3.8) is 0 Å². The van der Waals surface area contributed by atoms with Crippen LogP contribution in [0.5, 0.6) is 0 Å². The van der Waals surface area contributed by atoms with Gasteiger partial charge in [-0.15, -0.1) is 0 Å². The highest BCUT2D eigenvalue weighted by molar-refractivity contribution is 7.89. The molecule has 3 rings (SSSR count). The van der Waals surface area contributed by atoms with Crippen molar-refractivity contribution < 1.29 is 22.5 Å². The first-order valence-corrected chi connectivity index (χ1v) is 10.8. The number of hydrogen-bond acceptors (Lipinski definition) is 6. The Kier molecular flexibility index (Phi) is 6.61. The number of carbonyl (C=O) groups is 1. The van der Waals surface area contributed by atoms with Crippen LogP contribution in [0, 0.1) is 6.92 Å². The Bertz CT molecular complexity index is 957. The number of aromatic nitrogens is 1. The maximum atomic E-state index is 13.2. The minimum Gasteiger partial charge on any atom is -0.377 e. The molecule has 2 heterocycles. The highest BCUT2D eigenvalue weighted by Gasteiger charge is 2.32. The van der Waals surface area contributed by atoms with E-state index in [1.54, 1.807) is 6.92 Å². The van der Waals surface area contributed by atoms with Crippen molar-refractivity contribution in [3.05, 3.63) is 40.1 Å². The van der Waals surface area contributed by atoms with Crippen LogP contribution in [-0.2, 0) is 19.6 Å². The summed E-state index contributed by atoms with van der Waals surface area (Å²) in [5.74, 6) is 0.163. The van der Waals surface area contributed by atoms with Gasteiger partial charge in [0.1, 0.15) is 10.7 Å². The SMILES string of the molecule is Cc1cc(NC(=O)CN(CC2CCCO2)S(=O)(=O)c2cc(Cl)ccc2Cl)no1. The van der Waals surface area contributed by atoms with Crippen molar-refractivity contribution in [1.82, 2.24) is 9.46 Å². The average molecular weight is 448 g/mol. The van der Waals surface area contributed by atoms with Gasteiger partial charge >= 0.3 is 0 Å². The van der Waals surface area contributed by atoms with E-state index >= 15 is 0 Å². The Morgan fingerprint density at radius 3 is 2.79 bits per heavy atom. The molecule has 1 aromatic carbocycles. The molecule has 1 atom stereocenters. The first-order chi connectivity index (χ1) is 13.3. The van der Waals surface area contributed by atoms with E-state index < -0.39 is 22.5 Å². The smallest absolute Gasteiger partial charge is 0.245 e. The normalized spacial score (nSPS) is 17.2. The Morgan fingerprint density at radius 1 is 1.36 bits per heavy atom. The molecule has 0 spiro atoms. The molecule has 8 nitrogen and oxygen atoms in total. The van der Waals surface area contributed by atoms with E-state index in [9.17, 15) is 13.2 Å². The van der Waals surface area contributed by atoms with Crippen LogP contribution in [0.4, 0.5) is 5.82 Å². The third kappa shape index (κ3) is 5.03. The van der Waals surface area contributed by atoms with Gasteiger partial charge in [-0.3, -0.25) is 4.79 Å². The molecule has 1 fully saturated rings. The number of aryl methyl sites for hydroxylation is 1. The second-order valence-corrected chi connectivity index (χ2v) is 9.13. The fourth-order valence-electron chi connectivity index (χ4n) is 2.84. The molecule has 1 saturated heterocycles. The third-order valence-corrected chi connectivity index (χ3v) is 6.69. The van der Waals surface area contributed by atoms with E-state index in [0.29, 0.717) is 18.8 Å². The fraction of sp³-hybridized carbons (Fsp3) is 0.412. The van der Waals surface area contributed by atoms with Gasteiger partial charge in [0.15, 0.2) is 5.82 Å². The van der Waals surface area contributed by atoms with Crippen LogP contribution < -0.4 is 5.32 Å². The number of benzene rings is 1. The van der Waals surface area contributed by atoms with E-state index in [1.807, 2.05) is 0 Å². The predicted molar refractivity (Wildman–Crippen MR) is 104 cm³/mol. The Labute approximate surface area is 172 Å². The van der Waals surface area contributed by atoms with E-state index in [1.165, 1.54) is 24.3 Å². The summed E-state index contributed by atoms with van der Waals surface area (Å²) in [6.07, 6.45) is 1.25. The van der Waals surface area contributed by atoms with Crippen molar-refractivity contribution in [2.75, 3.05) is 25.0 Å². The minimum atomic E-state index is -4.09. The van der Waals surface area contributed by atoms with Gasteiger partial charge in [-0.1, -0.05) is 28.4 Å². The van der Waals surface area contributed by atoms with Gasteiger partial charge in [-0.05, 0) is 38.0 Å². The molecule has 1 N–H and O–H groups in total. The van der Waals surface area contributed by atoms with E-state index in [-0.39, 0.29) is 33.4 Å². The Hall–Kier alpha value is -1.65. The van der Waals surface area contributed by atoms with Crippen LogP contribution in [0.2, 0.25) is 10.0 Å². The minimum absolute atomic E-state index is 0.0225. The average Bonchev–Trinajstić information content (AvgIpc) is 3.28. The second-order valence-electron chi connectivity index (χ2n) is 6.38. The molecule has 0 saturated carbocycles. The van der Waals surface area contributed by atoms with Crippen molar-refractivity contribution >= 4 is 45.0 Å². The number of rotatable bonds is 7. The highest BCUT2D eigenvalue weighted by Crippen LogP contribution is 2.28. The standard InChI is InChI=1S/C17H19Cl2N3O5S/c1-11-7-16(21-27-11)20-17(23)10-22(9-13-3-2-6-26-13)28(24,25)15-8-12(18)4-5-14(15)19/h4-5,7-8,13H,2-3,6,9-10H2,1H3,(H,20,21,23). The summed E-state index contributed by atoms with van der Waals surface area (Å²) in [5, 5.41) is 6.44. The maximum Gasteiger partial charge on any atom is 0.245 e. The summed E-state index contributed by atoms with van der Waals surface area (Å²) in [5.41, 5.74) is 0. The first kappa shape index (κ1) is 21.1. The zero-order valence-electron chi connectivity index (χ0n) is 15.0. The molecule has 1 aliphatic rings. The molecule has 11 heteroatoms. The third-order valence-electron chi connectivity index (χ3n) is 4.16. The lowest BCUT2D eigenvalue weighted by Gasteiger charge is -2.24. The van der Waals surface area contributed by atoms with Crippen LogP contribution in [0.3, 0.4) is 0 Å². The molecule has 1 aliphatic heterocycles. The molecule has 2 aromatic rings. The molecular weight excluding hydrogens is 429 g/mol. The summed E-state index contributed by atoms with van der Waals surface area (Å²) in [6, 6.07) is 5.69. The van der Waals surface area contributed by atoms with Gasteiger partial charge < -0.3 is 14.6 Å². The summed E-state index contributed by atoms with van der Waals surface area (Å²) in [7, 11) is -4.09. The van der Waals surface area contributed by atoms with Crippen molar-refractivity contribution in [1.29, 1.82) is 0 Å². The topological polar surface area (TPSA) is 102 Å². The van der Waals surface area contributed by atoms with Gasteiger partial charge in [0.25, 0.3) is 0 Å². The summed E-state index contributed by atoms with van der Waals surface area (Å²) in [6.45, 7) is 1.83. The predicted octanol–water partition coefficient (Wildman–Crippen LogP) is 3.10. The lowest BCUT2D eigenvalue weighted by atomic mass is 10.2. The number of carbonyl (C=O) groups excluding carboxylic acids is 1. The molecule has 1 amide bonds. The van der Waals surface area contributed by atoms with Crippen LogP contribution in [0.1, 0.15) is 18.6 Å². The van der Waals surface area contributed by atoms with Gasteiger partial charge in [-0.2, -0.15) is 4.31 Å². The van der Waals surface area contributed by atoms with Crippen LogP contribution in [0.25, 0.3) is 0 Å². The van der Waals surface area contributed by atoms with Crippen LogP contribution in [-0.4, -0.2) is 49.6 Å². The first-order valence-electron chi connectivity index (χ1n) is 8.55. The molecular formula is C17H19Cl2N3O5S. The molecule has 0 radical (unpaired) electrons. The largest absolute Gasteiger partial charge is 0.377 e. The van der Waals surface area contributed by atoms with E-state index in [2.05, 4.69) is 10.5 Å². The van der Waals surface area contributed by atoms with Gasteiger partial charge in [-0.25, -0.2) is 8.42 Å². The summed E-state index contributed by atoms with van der Waals surface area (Å²) < 4.78 is 37.9. The number of nitrogens with one attached hydrogen (secondary N) is 1. The molecule has 0 bridgehead atoms. The Balaban J connectivity index is 1.84. The van der Waals surface area contributed by atoms with Crippen LogP contribution >= 0.6 is 23.2 Å². The monoisotopic (exact) mass is 447 g/mol. The lowest BCUT2D eigenvalue weighted by molar-refractivity contribution is -0.116. The van der Waals surface area contributed by atoms with Crippen LogP contribution in [0.15, 0.2) is 33.7 Å². The quantitative estimate of drug-likeness (QED) is 0.699. The van der Waals surface area contributed by atoms with Crippen molar-refractivity contribution in [3.8, 4) is 0 Å². The van der Waals surface area contributed by atoms with Crippen molar-refractivity contribution in [2.24, 2.45) is 0 Å². The number of nitrogens with zero attached hydrogens (tertiary/aromatic N) is 2. The zero-order chi connectivity index (χ0) is 20.3. The maximum absolute atomic E-state index is 13.2. The number of halogens is 2. The number of sulfonamides is 1. The summed E-state index contributed by atoms with van der Waals surface area (Å²) in [4.78, 5) is 12.3. The number of anilines is 1. The number of amides is 1. The fourth-order valence-corrected chi connectivity index (χ4v) is 5.01. The highest BCUT2D eigenvalue weighted by atomic mass is 35.5. The zero-order valence-corrected chi connectivity index (χ0v) is 17.4. The van der Waals surface area contributed by atoms with Gasteiger partial charge in [0.05, 0.1) is 17.7 Å².